The van der Waals surface area contributed by atoms with Crippen LogP contribution in [0.1, 0.15) is 21.5 Å². The van der Waals surface area contributed by atoms with Crippen LogP contribution in [-0.2, 0) is 6.54 Å². The summed E-state index contributed by atoms with van der Waals surface area (Å²) in [5.74, 6) is 1.95. The Balaban J connectivity index is 1.50. The van der Waals surface area contributed by atoms with Gasteiger partial charge in [-0.25, -0.2) is 4.39 Å². The van der Waals surface area contributed by atoms with Crippen molar-refractivity contribution in [3.8, 4) is 28.7 Å². The van der Waals surface area contributed by atoms with E-state index in [-0.39, 0.29) is 24.1 Å². The second kappa shape index (κ2) is 8.62. The first-order chi connectivity index (χ1) is 16.5. The number of Topliss-reactive ketones (excluding diaryl/α,β-unsaturated/α-hetero) is 1. The lowest BCUT2D eigenvalue weighted by Crippen LogP contribution is -2.32. The number of methoxy groups -OCH3 is 3. The van der Waals surface area contributed by atoms with E-state index in [2.05, 4.69) is 0 Å². The van der Waals surface area contributed by atoms with Crippen LogP contribution in [0.15, 0.2) is 54.3 Å². The molecule has 2 aliphatic heterocycles. The number of allylic oxidation sites excluding steroid dienone is 1. The second-order valence-electron chi connectivity index (χ2n) is 7.74. The summed E-state index contributed by atoms with van der Waals surface area (Å²) in [6, 6.07) is 13.4. The Hall–Kier alpha value is -4.20. The van der Waals surface area contributed by atoms with Gasteiger partial charge in [-0.3, -0.25) is 4.79 Å². The predicted octanol–water partition coefficient (Wildman–Crippen LogP) is 4.82. The van der Waals surface area contributed by atoms with Gasteiger partial charge in [-0.05, 0) is 48.0 Å². The van der Waals surface area contributed by atoms with Gasteiger partial charge in [-0.15, -0.1) is 0 Å². The van der Waals surface area contributed by atoms with Crippen LogP contribution in [0.25, 0.3) is 6.08 Å². The van der Waals surface area contributed by atoms with E-state index in [1.54, 1.807) is 53.4 Å². The highest BCUT2D eigenvalue weighted by Crippen LogP contribution is 2.44. The van der Waals surface area contributed by atoms with Crippen molar-refractivity contribution in [1.29, 1.82) is 0 Å². The molecule has 2 aliphatic rings. The quantitative estimate of drug-likeness (QED) is 0.503. The molecule has 0 radical (unpaired) electrons. The molecule has 5 rings (SSSR count). The van der Waals surface area contributed by atoms with Crippen molar-refractivity contribution < 1.29 is 32.9 Å². The van der Waals surface area contributed by atoms with E-state index in [9.17, 15) is 9.18 Å². The predicted molar refractivity (Wildman–Crippen MR) is 124 cm³/mol. The summed E-state index contributed by atoms with van der Waals surface area (Å²) in [5.41, 5.74) is 2.18. The molecule has 2 heterocycles. The van der Waals surface area contributed by atoms with E-state index < -0.39 is 0 Å². The number of benzene rings is 3. The highest BCUT2D eigenvalue weighted by atomic mass is 19.1. The van der Waals surface area contributed by atoms with E-state index in [1.807, 2.05) is 0 Å². The molecule has 0 saturated heterocycles. The fourth-order valence-corrected chi connectivity index (χ4v) is 4.16. The lowest BCUT2D eigenvalue weighted by atomic mass is 10.0. The minimum atomic E-state index is -0.345. The average molecular weight is 463 g/mol. The van der Waals surface area contributed by atoms with E-state index >= 15 is 0 Å². The molecule has 3 aromatic rings. The third-order valence-electron chi connectivity index (χ3n) is 5.80. The molecule has 0 bridgehead atoms. The third kappa shape index (κ3) is 3.57. The van der Waals surface area contributed by atoms with Crippen LogP contribution in [0.5, 0.6) is 28.7 Å². The van der Waals surface area contributed by atoms with Crippen LogP contribution < -0.4 is 28.6 Å². The number of hydrogen-bond donors (Lipinski definition) is 0. The monoisotopic (exact) mass is 463 g/mol. The van der Waals surface area contributed by atoms with Gasteiger partial charge in [0.1, 0.15) is 17.3 Å². The first kappa shape index (κ1) is 21.6. The number of halogens is 1. The van der Waals surface area contributed by atoms with Gasteiger partial charge in [0, 0.05) is 0 Å². The molecule has 8 heteroatoms. The number of fused-ring (bicyclic) bond motifs is 3. The lowest BCUT2D eigenvalue weighted by molar-refractivity contribution is 0.101. The maximum Gasteiger partial charge on any atom is 0.231 e. The van der Waals surface area contributed by atoms with Crippen molar-refractivity contribution in [2.24, 2.45) is 0 Å². The molecule has 0 aromatic heterocycles. The van der Waals surface area contributed by atoms with E-state index in [4.69, 9.17) is 23.7 Å². The van der Waals surface area contributed by atoms with Crippen LogP contribution >= 0.6 is 0 Å². The molecule has 0 aliphatic carbocycles. The fraction of sp³-hybridized carbons (Fsp3) is 0.192. The SMILES string of the molecule is COc1cc(C=C2Oc3c(ccc4c3CN(c3ccccc3F)CO4)C2=O)cc(OC)c1OC. The summed E-state index contributed by atoms with van der Waals surface area (Å²) < 4.78 is 42.4. The Bertz CT molecular complexity index is 1290. The molecule has 174 valence electrons. The first-order valence-corrected chi connectivity index (χ1v) is 10.6. The molecule has 0 unspecified atom stereocenters. The largest absolute Gasteiger partial charge is 0.493 e. The van der Waals surface area contributed by atoms with Crippen molar-refractivity contribution >= 4 is 17.5 Å². The van der Waals surface area contributed by atoms with Gasteiger partial charge in [0.15, 0.2) is 24.0 Å². The van der Waals surface area contributed by atoms with Gasteiger partial charge in [-0.1, -0.05) is 12.1 Å². The number of nitrogens with zero attached hydrogens (tertiary/aromatic N) is 1. The zero-order valence-corrected chi connectivity index (χ0v) is 18.9. The minimum absolute atomic E-state index is 0.153. The Morgan fingerprint density at radius 3 is 2.41 bits per heavy atom. The lowest BCUT2D eigenvalue weighted by Gasteiger charge is -2.31. The summed E-state index contributed by atoms with van der Waals surface area (Å²) in [5, 5.41) is 0. The molecule has 7 nitrogen and oxygen atoms in total. The smallest absolute Gasteiger partial charge is 0.231 e. The van der Waals surface area contributed by atoms with Crippen LogP contribution in [0, 0.1) is 5.82 Å². The summed E-state index contributed by atoms with van der Waals surface area (Å²) in [6.45, 7) is 0.527. The minimum Gasteiger partial charge on any atom is -0.493 e. The topological polar surface area (TPSA) is 66.5 Å². The zero-order chi connectivity index (χ0) is 23.8. The molecule has 34 heavy (non-hydrogen) atoms. The van der Waals surface area contributed by atoms with Crippen LogP contribution in [0.3, 0.4) is 0 Å². The average Bonchev–Trinajstić information content (AvgIpc) is 3.18. The molecular weight excluding hydrogens is 441 g/mol. The van der Waals surface area contributed by atoms with E-state index in [0.717, 1.165) is 0 Å². The summed E-state index contributed by atoms with van der Waals surface area (Å²) >= 11 is 0. The normalized spacial score (nSPS) is 15.4. The maximum atomic E-state index is 14.3. The maximum absolute atomic E-state index is 14.3. The zero-order valence-electron chi connectivity index (χ0n) is 18.9. The van der Waals surface area contributed by atoms with Crippen molar-refractivity contribution in [1.82, 2.24) is 0 Å². The summed E-state index contributed by atoms with van der Waals surface area (Å²) in [4.78, 5) is 14.9. The van der Waals surface area contributed by atoms with Gasteiger partial charge in [0.05, 0.1) is 44.7 Å². The van der Waals surface area contributed by atoms with E-state index in [1.165, 1.54) is 27.4 Å². The summed E-state index contributed by atoms with van der Waals surface area (Å²) in [7, 11) is 4.57. The first-order valence-electron chi connectivity index (χ1n) is 10.6. The Morgan fingerprint density at radius 2 is 1.74 bits per heavy atom. The Kier molecular flexibility index (Phi) is 5.49. The molecule has 0 amide bonds. The number of carbonyl (C=O) groups excluding carboxylic acids is 1. The molecule has 3 aromatic carbocycles. The van der Waals surface area contributed by atoms with E-state index in [0.29, 0.717) is 57.7 Å². The van der Waals surface area contributed by atoms with Crippen LogP contribution in [0.4, 0.5) is 10.1 Å². The standard InChI is InChI=1S/C26H22FNO6/c1-30-22-11-15(12-23(31-2)26(22)32-3)10-21-24(29)16-8-9-20-17(25(16)34-21)13-28(14-33-20)19-7-5-4-6-18(19)27/h4-12H,13-14H2,1-3H3. The highest BCUT2D eigenvalue weighted by molar-refractivity contribution is 6.15. The number of anilines is 1. The molecule has 0 saturated carbocycles. The number of carbonyl (C=O) groups is 1. The van der Waals surface area contributed by atoms with Gasteiger partial charge in [-0.2, -0.15) is 0 Å². The number of para-hydroxylation sites is 1. The second-order valence-corrected chi connectivity index (χ2v) is 7.74. The van der Waals surface area contributed by atoms with Gasteiger partial charge < -0.3 is 28.6 Å². The van der Waals surface area contributed by atoms with Crippen molar-refractivity contribution in [3.05, 3.63) is 76.8 Å². The van der Waals surface area contributed by atoms with Gasteiger partial charge >= 0.3 is 0 Å². The number of ether oxygens (including phenoxy) is 5. The van der Waals surface area contributed by atoms with Gasteiger partial charge in [0.2, 0.25) is 11.5 Å². The van der Waals surface area contributed by atoms with Crippen molar-refractivity contribution in [2.45, 2.75) is 6.54 Å². The molecule has 0 N–H and O–H groups in total. The molecule has 0 fully saturated rings. The molecule has 0 spiro atoms. The van der Waals surface area contributed by atoms with Gasteiger partial charge in [0.25, 0.3) is 0 Å². The molecular formula is C26H22FNO6. The van der Waals surface area contributed by atoms with Crippen LogP contribution in [0.2, 0.25) is 0 Å². The Labute approximate surface area is 195 Å². The third-order valence-corrected chi connectivity index (χ3v) is 5.80. The Morgan fingerprint density at radius 1 is 1.00 bits per heavy atom. The van der Waals surface area contributed by atoms with Crippen molar-refractivity contribution in [2.75, 3.05) is 33.0 Å². The highest BCUT2D eigenvalue weighted by Gasteiger charge is 2.34. The van der Waals surface area contributed by atoms with Crippen molar-refractivity contribution in [3.63, 3.8) is 0 Å². The van der Waals surface area contributed by atoms with Crippen LogP contribution in [-0.4, -0.2) is 33.8 Å². The molecule has 0 atom stereocenters. The summed E-state index contributed by atoms with van der Waals surface area (Å²) in [6.07, 6.45) is 1.62. The fourth-order valence-electron chi connectivity index (χ4n) is 4.16. The number of rotatable bonds is 5. The number of ketones is 1. The number of hydrogen-bond acceptors (Lipinski definition) is 7.